The van der Waals surface area contributed by atoms with E-state index in [1.807, 2.05) is 12.1 Å². The third kappa shape index (κ3) is 3.87. The standard InChI is InChI=1S/C16H24ClN3O/c17-12-5-6-16(18-11-12)20-9-7-13(8-10-20)19-14-3-1-2-4-15(14)21/h5-6,11,13-15,19,21H,1-4,7-10H2. The van der Waals surface area contributed by atoms with Crippen LogP contribution in [0.2, 0.25) is 5.02 Å². The summed E-state index contributed by atoms with van der Waals surface area (Å²) in [5.41, 5.74) is 0. The molecule has 5 heteroatoms. The molecular weight excluding hydrogens is 286 g/mol. The Kier molecular flexibility index (Phi) is 4.99. The van der Waals surface area contributed by atoms with Crippen LogP contribution in [-0.2, 0) is 0 Å². The molecule has 2 atom stereocenters. The molecule has 1 aliphatic carbocycles. The lowest BCUT2D eigenvalue weighted by Crippen LogP contribution is -2.51. The molecule has 3 rings (SSSR count). The molecule has 0 bridgehead atoms. The molecule has 1 aliphatic heterocycles. The van der Waals surface area contributed by atoms with E-state index in [-0.39, 0.29) is 6.10 Å². The van der Waals surface area contributed by atoms with Gasteiger partial charge in [-0.25, -0.2) is 4.98 Å². The molecule has 1 saturated carbocycles. The maximum atomic E-state index is 10.1. The highest BCUT2D eigenvalue weighted by Gasteiger charge is 2.27. The minimum atomic E-state index is -0.158. The van der Waals surface area contributed by atoms with Crippen molar-refractivity contribution in [2.75, 3.05) is 18.0 Å². The fourth-order valence-electron chi connectivity index (χ4n) is 3.44. The zero-order valence-electron chi connectivity index (χ0n) is 12.3. The van der Waals surface area contributed by atoms with Crippen molar-refractivity contribution in [2.24, 2.45) is 0 Å². The number of halogens is 1. The monoisotopic (exact) mass is 309 g/mol. The van der Waals surface area contributed by atoms with Crippen LogP contribution in [0.5, 0.6) is 0 Å². The number of pyridine rings is 1. The van der Waals surface area contributed by atoms with Crippen LogP contribution in [0.4, 0.5) is 5.82 Å². The second kappa shape index (κ2) is 6.95. The Labute approximate surface area is 131 Å². The first kappa shape index (κ1) is 15.1. The van der Waals surface area contributed by atoms with Crippen molar-refractivity contribution in [1.82, 2.24) is 10.3 Å². The van der Waals surface area contributed by atoms with Crippen molar-refractivity contribution in [2.45, 2.75) is 56.7 Å². The fourth-order valence-corrected chi connectivity index (χ4v) is 3.55. The molecule has 0 spiro atoms. The third-order valence-corrected chi connectivity index (χ3v) is 4.93. The van der Waals surface area contributed by atoms with E-state index in [1.54, 1.807) is 6.20 Å². The zero-order chi connectivity index (χ0) is 14.7. The molecule has 1 aromatic heterocycles. The molecule has 0 amide bonds. The van der Waals surface area contributed by atoms with Gasteiger partial charge in [-0.15, -0.1) is 0 Å². The van der Waals surface area contributed by atoms with E-state index in [0.29, 0.717) is 17.1 Å². The molecule has 1 aromatic rings. The third-order valence-electron chi connectivity index (χ3n) is 4.71. The van der Waals surface area contributed by atoms with Gasteiger partial charge in [0, 0.05) is 31.4 Å². The maximum Gasteiger partial charge on any atom is 0.128 e. The Morgan fingerprint density at radius 2 is 1.90 bits per heavy atom. The Hall–Kier alpha value is -0.840. The number of aromatic nitrogens is 1. The number of anilines is 1. The average Bonchev–Trinajstić information content (AvgIpc) is 2.51. The Morgan fingerprint density at radius 1 is 1.14 bits per heavy atom. The minimum absolute atomic E-state index is 0.158. The van der Waals surface area contributed by atoms with Crippen molar-refractivity contribution in [3.63, 3.8) is 0 Å². The second-order valence-electron chi connectivity index (χ2n) is 6.22. The topological polar surface area (TPSA) is 48.4 Å². The lowest BCUT2D eigenvalue weighted by Gasteiger charge is -2.37. The molecule has 0 aromatic carbocycles. The quantitative estimate of drug-likeness (QED) is 0.901. The van der Waals surface area contributed by atoms with Crippen LogP contribution in [0.3, 0.4) is 0 Å². The van der Waals surface area contributed by atoms with Crippen molar-refractivity contribution in [3.8, 4) is 0 Å². The lowest BCUT2D eigenvalue weighted by atomic mass is 9.91. The van der Waals surface area contributed by atoms with Gasteiger partial charge in [0.2, 0.25) is 0 Å². The number of piperidine rings is 1. The Balaban J connectivity index is 1.49. The molecule has 2 fully saturated rings. The number of hydrogen-bond donors (Lipinski definition) is 2. The Bertz CT molecular complexity index is 445. The highest BCUT2D eigenvalue weighted by Crippen LogP contribution is 2.23. The molecule has 1 saturated heterocycles. The molecule has 2 heterocycles. The number of aliphatic hydroxyl groups excluding tert-OH is 1. The van der Waals surface area contributed by atoms with E-state index in [0.717, 1.165) is 44.6 Å². The molecule has 2 N–H and O–H groups in total. The first-order valence-corrected chi connectivity index (χ1v) is 8.41. The summed E-state index contributed by atoms with van der Waals surface area (Å²) in [4.78, 5) is 6.70. The van der Waals surface area contributed by atoms with Gasteiger partial charge >= 0.3 is 0 Å². The average molecular weight is 310 g/mol. The van der Waals surface area contributed by atoms with Crippen LogP contribution in [0.15, 0.2) is 18.3 Å². The van der Waals surface area contributed by atoms with Gasteiger partial charge in [0.05, 0.1) is 11.1 Å². The summed E-state index contributed by atoms with van der Waals surface area (Å²) >= 11 is 5.88. The van der Waals surface area contributed by atoms with Gasteiger partial charge in [-0.3, -0.25) is 0 Å². The van der Waals surface area contributed by atoms with Gasteiger partial charge in [-0.1, -0.05) is 24.4 Å². The van der Waals surface area contributed by atoms with Gasteiger partial charge in [0.25, 0.3) is 0 Å². The van der Waals surface area contributed by atoms with Gasteiger partial charge in [0.15, 0.2) is 0 Å². The van der Waals surface area contributed by atoms with E-state index in [4.69, 9.17) is 11.6 Å². The van der Waals surface area contributed by atoms with E-state index in [2.05, 4.69) is 15.2 Å². The van der Waals surface area contributed by atoms with Crippen molar-refractivity contribution < 1.29 is 5.11 Å². The molecule has 0 radical (unpaired) electrons. The van der Waals surface area contributed by atoms with Crippen LogP contribution >= 0.6 is 11.6 Å². The second-order valence-corrected chi connectivity index (χ2v) is 6.66. The molecule has 4 nitrogen and oxygen atoms in total. The number of nitrogens with zero attached hydrogens (tertiary/aromatic N) is 2. The van der Waals surface area contributed by atoms with Crippen LogP contribution in [0.25, 0.3) is 0 Å². The highest BCUT2D eigenvalue weighted by molar-refractivity contribution is 6.30. The first-order chi connectivity index (χ1) is 10.2. The molecule has 21 heavy (non-hydrogen) atoms. The van der Waals surface area contributed by atoms with Crippen molar-refractivity contribution >= 4 is 17.4 Å². The van der Waals surface area contributed by atoms with Crippen LogP contribution in [0.1, 0.15) is 38.5 Å². The minimum Gasteiger partial charge on any atom is -0.392 e. The lowest BCUT2D eigenvalue weighted by molar-refractivity contribution is 0.0828. The fraction of sp³-hybridized carbons (Fsp3) is 0.688. The largest absolute Gasteiger partial charge is 0.392 e. The summed E-state index contributed by atoms with van der Waals surface area (Å²) in [6, 6.07) is 4.70. The van der Waals surface area contributed by atoms with E-state index < -0.39 is 0 Å². The number of rotatable bonds is 3. The number of hydrogen-bond acceptors (Lipinski definition) is 4. The SMILES string of the molecule is OC1CCCCC1NC1CCN(c2ccc(Cl)cn2)CC1. The van der Waals surface area contributed by atoms with Crippen LogP contribution in [0, 0.1) is 0 Å². The summed E-state index contributed by atoms with van der Waals surface area (Å²) in [5, 5.41) is 14.4. The molecule has 2 unspecified atom stereocenters. The van der Waals surface area contributed by atoms with Gasteiger partial charge < -0.3 is 15.3 Å². The summed E-state index contributed by atoms with van der Waals surface area (Å²) in [6.45, 7) is 2.02. The predicted molar refractivity (Wildman–Crippen MR) is 85.9 cm³/mol. The normalized spacial score (nSPS) is 27.8. The van der Waals surface area contributed by atoms with Crippen molar-refractivity contribution in [1.29, 1.82) is 0 Å². The summed E-state index contributed by atoms with van der Waals surface area (Å²) in [6.07, 6.45) is 8.23. The van der Waals surface area contributed by atoms with E-state index in [9.17, 15) is 5.11 Å². The Morgan fingerprint density at radius 3 is 2.57 bits per heavy atom. The highest BCUT2D eigenvalue weighted by atomic mass is 35.5. The van der Waals surface area contributed by atoms with E-state index in [1.165, 1.54) is 12.8 Å². The smallest absolute Gasteiger partial charge is 0.128 e. The zero-order valence-corrected chi connectivity index (χ0v) is 13.1. The van der Waals surface area contributed by atoms with Crippen LogP contribution in [-0.4, -0.2) is 41.4 Å². The number of nitrogens with one attached hydrogen (secondary N) is 1. The summed E-state index contributed by atoms with van der Waals surface area (Å²) < 4.78 is 0. The molecule has 116 valence electrons. The van der Waals surface area contributed by atoms with Gasteiger partial charge in [0.1, 0.15) is 5.82 Å². The van der Waals surface area contributed by atoms with E-state index >= 15 is 0 Å². The molecular formula is C16H24ClN3O. The maximum absolute atomic E-state index is 10.1. The van der Waals surface area contributed by atoms with Crippen LogP contribution < -0.4 is 10.2 Å². The van der Waals surface area contributed by atoms with Crippen molar-refractivity contribution in [3.05, 3.63) is 23.4 Å². The number of aliphatic hydroxyl groups is 1. The predicted octanol–water partition coefficient (Wildman–Crippen LogP) is 2.60. The van der Waals surface area contributed by atoms with Gasteiger partial charge in [-0.2, -0.15) is 0 Å². The van der Waals surface area contributed by atoms with Gasteiger partial charge in [-0.05, 0) is 37.8 Å². The first-order valence-electron chi connectivity index (χ1n) is 8.03. The molecule has 2 aliphatic rings. The summed E-state index contributed by atoms with van der Waals surface area (Å²) in [7, 11) is 0. The summed E-state index contributed by atoms with van der Waals surface area (Å²) in [5.74, 6) is 1.01.